The third kappa shape index (κ3) is 4.77. The predicted octanol–water partition coefficient (Wildman–Crippen LogP) is 2.26. The summed E-state index contributed by atoms with van der Waals surface area (Å²) in [6.45, 7) is 8.13. The van der Waals surface area contributed by atoms with Gasteiger partial charge in [-0.1, -0.05) is 24.3 Å². The van der Waals surface area contributed by atoms with Gasteiger partial charge in [0, 0.05) is 32.8 Å². The monoisotopic (exact) mass is 250 g/mol. The summed E-state index contributed by atoms with van der Waals surface area (Å²) in [5.74, 6) is 0. The fourth-order valence-electron chi connectivity index (χ4n) is 2.02. The highest BCUT2D eigenvalue weighted by atomic mass is 16.5. The molecule has 0 fully saturated rings. The Morgan fingerprint density at radius 2 is 1.89 bits per heavy atom. The van der Waals surface area contributed by atoms with Gasteiger partial charge in [0.25, 0.3) is 0 Å². The molecule has 0 aliphatic rings. The molecular formula is C15H26N2O. The molecule has 3 nitrogen and oxygen atoms in total. The first kappa shape index (κ1) is 15.2. The summed E-state index contributed by atoms with van der Waals surface area (Å²) >= 11 is 0. The molecule has 0 aliphatic carbocycles. The van der Waals surface area contributed by atoms with Gasteiger partial charge in [-0.3, -0.25) is 4.90 Å². The minimum Gasteiger partial charge on any atom is -0.383 e. The summed E-state index contributed by atoms with van der Waals surface area (Å²) < 4.78 is 5.18. The van der Waals surface area contributed by atoms with E-state index in [4.69, 9.17) is 4.74 Å². The van der Waals surface area contributed by atoms with Crippen molar-refractivity contribution < 1.29 is 4.74 Å². The van der Waals surface area contributed by atoms with E-state index in [0.29, 0.717) is 6.04 Å². The largest absolute Gasteiger partial charge is 0.383 e. The maximum atomic E-state index is 5.18. The van der Waals surface area contributed by atoms with Gasteiger partial charge in [0.1, 0.15) is 0 Å². The molecule has 0 saturated heterocycles. The molecular weight excluding hydrogens is 224 g/mol. The van der Waals surface area contributed by atoms with Crippen molar-refractivity contribution in [3.8, 4) is 0 Å². The van der Waals surface area contributed by atoms with Crippen LogP contribution in [0.3, 0.4) is 0 Å². The van der Waals surface area contributed by atoms with Gasteiger partial charge in [-0.05, 0) is 32.0 Å². The quantitative estimate of drug-likeness (QED) is 0.766. The molecule has 1 N–H and O–H groups in total. The zero-order valence-electron chi connectivity index (χ0n) is 12.1. The molecule has 1 rings (SSSR count). The lowest BCUT2D eigenvalue weighted by Crippen LogP contribution is -2.33. The van der Waals surface area contributed by atoms with Crippen molar-refractivity contribution in [3.63, 3.8) is 0 Å². The van der Waals surface area contributed by atoms with Crippen LogP contribution < -0.4 is 5.32 Å². The number of ether oxygens (including phenoxy) is 1. The van der Waals surface area contributed by atoms with E-state index in [-0.39, 0.29) is 0 Å². The molecule has 0 heterocycles. The minimum absolute atomic E-state index is 0.530. The van der Waals surface area contributed by atoms with Gasteiger partial charge in [-0.2, -0.15) is 0 Å². The average Bonchev–Trinajstić information content (AvgIpc) is 2.36. The number of benzene rings is 1. The molecule has 0 unspecified atom stereocenters. The maximum absolute atomic E-state index is 5.18. The number of methoxy groups -OCH3 is 1. The summed E-state index contributed by atoms with van der Waals surface area (Å²) in [5.41, 5.74) is 2.78. The molecule has 3 heteroatoms. The van der Waals surface area contributed by atoms with Gasteiger partial charge in [0.2, 0.25) is 0 Å². The molecule has 0 radical (unpaired) electrons. The number of nitrogens with zero attached hydrogens (tertiary/aromatic N) is 1. The molecule has 0 amide bonds. The number of hydrogen-bond donors (Lipinski definition) is 1. The van der Waals surface area contributed by atoms with E-state index in [1.807, 2.05) is 7.05 Å². The van der Waals surface area contributed by atoms with Crippen LogP contribution in [-0.2, 0) is 17.8 Å². The highest BCUT2D eigenvalue weighted by Crippen LogP contribution is 2.13. The molecule has 0 bridgehead atoms. The van der Waals surface area contributed by atoms with Gasteiger partial charge < -0.3 is 10.1 Å². The Bertz CT molecular complexity index is 339. The van der Waals surface area contributed by atoms with Crippen LogP contribution in [0.1, 0.15) is 25.0 Å². The van der Waals surface area contributed by atoms with Crippen LogP contribution in [0.15, 0.2) is 24.3 Å². The lowest BCUT2D eigenvalue weighted by molar-refractivity contribution is 0.124. The van der Waals surface area contributed by atoms with Crippen LogP contribution in [0.2, 0.25) is 0 Å². The first-order valence-electron chi connectivity index (χ1n) is 6.63. The predicted molar refractivity (Wildman–Crippen MR) is 76.6 cm³/mol. The summed E-state index contributed by atoms with van der Waals surface area (Å²) in [6.07, 6.45) is 0. The lowest BCUT2D eigenvalue weighted by Gasteiger charge is -2.27. The van der Waals surface area contributed by atoms with E-state index >= 15 is 0 Å². The standard InChI is InChI=1S/C15H26N2O/c1-13(2)17(9-10-18-4)12-15-8-6-5-7-14(15)11-16-3/h5-8,13,16H,9-12H2,1-4H3. The molecule has 0 aromatic heterocycles. The van der Waals surface area contributed by atoms with Gasteiger partial charge in [0.05, 0.1) is 6.61 Å². The van der Waals surface area contributed by atoms with Crippen molar-refractivity contribution in [2.24, 2.45) is 0 Å². The zero-order chi connectivity index (χ0) is 13.4. The lowest BCUT2D eigenvalue weighted by atomic mass is 10.1. The normalized spacial score (nSPS) is 11.4. The second-order valence-corrected chi connectivity index (χ2v) is 4.86. The van der Waals surface area contributed by atoms with Crippen molar-refractivity contribution in [1.29, 1.82) is 0 Å². The Balaban J connectivity index is 2.73. The molecule has 0 aliphatic heterocycles. The summed E-state index contributed by atoms with van der Waals surface area (Å²) in [4.78, 5) is 2.44. The first-order chi connectivity index (χ1) is 8.69. The van der Waals surface area contributed by atoms with Crippen LogP contribution in [0.25, 0.3) is 0 Å². The number of nitrogens with one attached hydrogen (secondary N) is 1. The van der Waals surface area contributed by atoms with E-state index in [9.17, 15) is 0 Å². The molecule has 18 heavy (non-hydrogen) atoms. The average molecular weight is 250 g/mol. The van der Waals surface area contributed by atoms with Gasteiger partial charge >= 0.3 is 0 Å². The minimum atomic E-state index is 0.530. The third-order valence-corrected chi connectivity index (χ3v) is 3.17. The van der Waals surface area contributed by atoms with E-state index in [1.165, 1.54) is 11.1 Å². The summed E-state index contributed by atoms with van der Waals surface area (Å²) in [6, 6.07) is 9.16. The Kier molecular flexibility index (Phi) is 6.94. The van der Waals surface area contributed by atoms with Crippen molar-refractivity contribution >= 4 is 0 Å². The maximum Gasteiger partial charge on any atom is 0.0589 e. The molecule has 0 spiro atoms. The highest BCUT2D eigenvalue weighted by molar-refractivity contribution is 5.27. The van der Waals surface area contributed by atoms with Crippen LogP contribution in [-0.4, -0.2) is 38.3 Å². The van der Waals surface area contributed by atoms with Crippen LogP contribution in [0, 0.1) is 0 Å². The highest BCUT2D eigenvalue weighted by Gasteiger charge is 2.11. The van der Waals surface area contributed by atoms with Gasteiger partial charge in [0.15, 0.2) is 0 Å². The van der Waals surface area contributed by atoms with Crippen LogP contribution in [0.4, 0.5) is 0 Å². The molecule has 0 atom stereocenters. The van der Waals surface area contributed by atoms with Crippen molar-refractivity contribution in [1.82, 2.24) is 10.2 Å². The van der Waals surface area contributed by atoms with E-state index in [2.05, 4.69) is 48.3 Å². The van der Waals surface area contributed by atoms with E-state index in [1.54, 1.807) is 7.11 Å². The second-order valence-electron chi connectivity index (χ2n) is 4.86. The van der Waals surface area contributed by atoms with Crippen molar-refractivity contribution in [3.05, 3.63) is 35.4 Å². The smallest absolute Gasteiger partial charge is 0.0589 e. The zero-order valence-corrected chi connectivity index (χ0v) is 12.1. The SMILES string of the molecule is CNCc1ccccc1CN(CCOC)C(C)C. The van der Waals surface area contributed by atoms with E-state index < -0.39 is 0 Å². The van der Waals surface area contributed by atoms with Crippen molar-refractivity contribution in [2.75, 3.05) is 27.3 Å². The van der Waals surface area contributed by atoms with E-state index in [0.717, 1.165) is 26.2 Å². The first-order valence-corrected chi connectivity index (χ1v) is 6.63. The fraction of sp³-hybridized carbons (Fsp3) is 0.600. The molecule has 1 aromatic rings. The third-order valence-electron chi connectivity index (χ3n) is 3.17. The molecule has 1 aromatic carbocycles. The Labute approximate surface area is 111 Å². The number of hydrogen-bond acceptors (Lipinski definition) is 3. The Morgan fingerprint density at radius 1 is 1.22 bits per heavy atom. The Hall–Kier alpha value is -0.900. The van der Waals surface area contributed by atoms with Crippen LogP contribution >= 0.6 is 0 Å². The van der Waals surface area contributed by atoms with Crippen molar-refractivity contribution in [2.45, 2.75) is 33.0 Å². The molecule has 0 saturated carbocycles. The van der Waals surface area contributed by atoms with Gasteiger partial charge in [-0.25, -0.2) is 0 Å². The number of rotatable bonds is 8. The Morgan fingerprint density at radius 3 is 2.44 bits per heavy atom. The molecule has 102 valence electrons. The van der Waals surface area contributed by atoms with Gasteiger partial charge in [-0.15, -0.1) is 0 Å². The second kappa shape index (κ2) is 8.25. The summed E-state index contributed by atoms with van der Waals surface area (Å²) in [7, 11) is 3.75. The van der Waals surface area contributed by atoms with Crippen LogP contribution in [0.5, 0.6) is 0 Å². The fourth-order valence-corrected chi connectivity index (χ4v) is 2.02. The topological polar surface area (TPSA) is 24.5 Å². The summed E-state index contributed by atoms with van der Waals surface area (Å²) in [5, 5.41) is 3.23.